The van der Waals surface area contributed by atoms with Gasteiger partial charge in [0.1, 0.15) is 0 Å². The molecule has 0 bridgehead atoms. The highest BCUT2D eigenvalue weighted by Gasteiger charge is 2.44. The summed E-state index contributed by atoms with van der Waals surface area (Å²) in [5.74, 6) is -0.221. The number of carbonyl (C=O) groups is 2. The van der Waals surface area contributed by atoms with Crippen molar-refractivity contribution < 1.29 is 22.8 Å². The number of hydrogen-bond donors (Lipinski definition) is 1. The predicted molar refractivity (Wildman–Crippen MR) is 122 cm³/mol. The molecule has 1 aromatic rings. The molecule has 2 fully saturated rings. The Bertz CT molecular complexity index is 936. The van der Waals surface area contributed by atoms with Gasteiger partial charge in [0.05, 0.1) is 23.1 Å². The zero-order chi connectivity index (χ0) is 25.0. The maximum atomic E-state index is 13.5. The van der Waals surface area contributed by atoms with Gasteiger partial charge in [-0.1, -0.05) is 6.92 Å². The Morgan fingerprint density at radius 1 is 1.21 bits per heavy atom. The summed E-state index contributed by atoms with van der Waals surface area (Å²) in [5.41, 5.74) is -1.01. The van der Waals surface area contributed by atoms with Crippen LogP contribution in [0.5, 0.6) is 0 Å². The number of benzene rings is 1. The number of amides is 3. The van der Waals surface area contributed by atoms with Crippen LogP contribution in [0.1, 0.15) is 37.3 Å². The summed E-state index contributed by atoms with van der Waals surface area (Å²) < 4.78 is 40.5. The van der Waals surface area contributed by atoms with Crippen molar-refractivity contribution in [1.29, 1.82) is 5.26 Å². The maximum absolute atomic E-state index is 13.5. The molecule has 0 saturated carbocycles. The monoisotopic (exact) mass is 479 g/mol. The SMILES string of the molecule is CCCNC(=O)N1CCC([C@@H]2CN(c3ccc(C#N)c(C(F)(F)F)c3)C[C@H]2C(=O)N(C)C)CC1. The summed E-state index contributed by atoms with van der Waals surface area (Å²) in [4.78, 5) is 30.4. The molecular formula is C24H32F3N5O2. The van der Waals surface area contributed by atoms with Crippen LogP contribution in [0.2, 0.25) is 0 Å². The number of alkyl halides is 3. The van der Waals surface area contributed by atoms with E-state index in [1.807, 2.05) is 11.8 Å². The molecule has 3 rings (SSSR count). The highest BCUT2D eigenvalue weighted by molar-refractivity contribution is 5.80. The molecule has 2 aliphatic rings. The summed E-state index contributed by atoms with van der Waals surface area (Å²) in [5, 5.41) is 12.0. The van der Waals surface area contributed by atoms with Crippen LogP contribution in [0.3, 0.4) is 0 Å². The predicted octanol–water partition coefficient (Wildman–Crippen LogP) is 3.55. The van der Waals surface area contributed by atoms with Crippen molar-refractivity contribution >= 4 is 17.6 Å². The van der Waals surface area contributed by atoms with Crippen LogP contribution in [-0.2, 0) is 11.0 Å². The van der Waals surface area contributed by atoms with Gasteiger partial charge in [0.2, 0.25) is 5.91 Å². The van der Waals surface area contributed by atoms with Crippen molar-refractivity contribution in [2.45, 2.75) is 32.4 Å². The number of urea groups is 1. The minimum Gasteiger partial charge on any atom is -0.370 e. The molecule has 1 aromatic carbocycles. The van der Waals surface area contributed by atoms with Gasteiger partial charge >= 0.3 is 12.2 Å². The fourth-order valence-corrected chi connectivity index (χ4v) is 5.05. The molecule has 1 N–H and O–H groups in total. The van der Waals surface area contributed by atoms with E-state index in [0.29, 0.717) is 38.4 Å². The summed E-state index contributed by atoms with van der Waals surface area (Å²) in [6.07, 6.45) is -2.28. The van der Waals surface area contributed by atoms with Crippen LogP contribution in [-0.4, -0.2) is 68.6 Å². The van der Waals surface area contributed by atoms with Crippen LogP contribution >= 0.6 is 0 Å². The lowest BCUT2D eigenvalue weighted by molar-refractivity contribution is -0.137. The zero-order valence-corrected chi connectivity index (χ0v) is 19.9. The Kier molecular flexibility index (Phi) is 7.95. The third-order valence-corrected chi connectivity index (χ3v) is 6.88. The third-order valence-electron chi connectivity index (χ3n) is 6.88. The molecule has 7 nitrogen and oxygen atoms in total. The Labute approximate surface area is 198 Å². The average Bonchev–Trinajstić information content (AvgIpc) is 3.26. The van der Waals surface area contributed by atoms with Crippen molar-refractivity contribution in [3.8, 4) is 6.07 Å². The van der Waals surface area contributed by atoms with Gasteiger partial charge in [-0.15, -0.1) is 0 Å². The van der Waals surface area contributed by atoms with E-state index in [4.69, 9.17) is 5.26 Å². The van der Waals surface area contributed by atoms with Gasteiger partial charge in [0.15, 0.2) is 0 Å². The second-order valence-corrected chi connectivity index (χ2v) is 9.30. The molecule has 2 heterocycles. The van der Waals surface area contributed by atoms with E-state index in [1.54, 1.807) is 25.1 Å². The highest BCUT2D eigenvalue weighted by Crippen LogP contribution is 2.40. The molecule has 3 amide bonds. The Balaban J connectivity index is 1.79. The van der Waals surface area contributed by atoms with Gasteiger partial charge in [-0.25, -0.2) is 4.79 Å². The van der Waals surface area contributed by atoms with E-state index in [-0.39, 0.29) is 29.7 Å². The van der Waals surface area contributed by atoms with E-state index in [9.17, 15) is 22.8 Å². The third kappa shape index (κ3) is 5.57. The zero-order valence-electron chi connectivity index (χ0n) is 19.9. The minimum absolute atomic E-state index is 0.0271. The van der Waals surface area contributed by atoms with Crippen LogP contribution in [0, 0.1) is 29.1 Å². The average molecular weight is 480 g/mol. The second-order valence-electron chi connectivity index (χ2n) is 9.30. The highest BCUT2D eigenvalue weighted by atomic mass is 19.4. The Morgan fingerprint density at radius 3 is 2.44 bits per heavy atom. The number of carbonyl (C=O) groups excluding carboxylic acids is 2. The Morgan fingerprint density at radius 2 is 1.88 bits per heavy atom. The smallest absolute Gasteiger partial charge is 0.370 e. The lowest BCUT2D eigenvalue weighted by Gasteiger charge is -2.36. The lowest BCUT2D eigenvalue weighted by atomic mass is 9.78. The largest absolute Gasteiger partial charge is 0.417 e. The Hall–Kier alpha value is -2.96. The minimum atomic E-state index is -4.63. The van der Waals surface area contributed by atoms with Gasteiger partial charge in [-0.05, 0) is 49.3 Å². The first-order valence-corrected chi connectivity index (χ1v) is 11.7. The van der Waals surface area contributed by atoms with E-state index < -0.39 is 17.3 Å². The standard InChI is InChI=1S/C24H32F3N5O2/c1-4-9-29-23(34)31-10-7-16(8-11-31)19-14-32(15-20(19)22(33)30(2)3)18-6-5-17(13-28)21(12-18)24(25,26)27/h5-6,12,16,19-20H,4,7-11,14-15H2,1-3H3,(H,29,34)/t19-,20+/m0/s1. The number of piperidine rings is 1. The fourth-order valence-electron chi connectivity index (χ4n) is 5.05. The topological polar surface area (TPSA) is 79.7 Å². The van der Waals surface area contributed by atoms with Crippen LogP contribution in [0.15, 0.2) is 18.2 Å². The summed E-state index contributed by atoms with van der Waals surface area (Å²) in [6.45, 7) is 4.58. The molecule has 186 valence electrons. The molecule has 2 saturated heterocycles. The summed E-state index contributed by atoms with van der Waals surface area (Å²) in [7, 11) is 3.37. The van der Waals surface area contributed by atoms with Crippen molar-refractivity contribution in [2.75, 3.05) is 51.7 Å². The van der Waals surface area contributed by atoms with Gasteiger partial charge in [-0.3, -0.25) is 4.79 Å². The van der Waals surface area contributed by atoms with Crippen molar-refractivity contribution in [2.24, 2.45) is 17.8 Å². The molecule has 0 spiro atoms. The van der Waals surface area contributed by atoms with Crippen LogP contribution in [0.4, 0.5) is 23.7 Å². The van der Waals surface area contributed by atoms with Crippen LogP contribution < -0.4 is 10.2 Å². The number of likely N-dealkylation sites (tertiary alicyclic amines) is 1. The number of nitrogens with zero attached hydrogens (tertiary/aromatic N) is 4. The molecule has 34 heavy (non-hydrogen) atoms. The first-order valence-electron chi connectivity index (χ1n) is 11.7. The van der Waals surface area contributed by atoms with Crippen molar-refractivity contribution in [1.82, 2.24) is 15.1 Å². The van der Waals surface area contributed by atoms with E-state index in [0.717, 1.165) is 25.3 Å². The number of hydrogen-bond acceptors (Lipinski definition) is 4. The van der Waals surface area contributed by atoms with E-state index in [2.05, 4.69) is 5.32 Å². The van der Waals surface area contributed by atoms with E-state index >= 15 is 0 Å². The molecule has 0 unspecified atom stereocenters. The molecule has 0 aliphatic carbocycles. The fraction of sp³-hybridized carbons (Fsp3) is 0.625. The molecule has 0 aromatic heterocycles. The lowest BCUT2D eigenvalue weighted by Crippen LogP contribution is -2.46. The van der Waals surface area contributed by atoms with Gasteiger partial charge in [0, 0.05) is 52.5 Å². The van der Waals surface area contributed by atoms with Crippen molar-refractivity contribution in [3.63, 3.8) is 0 Å². The van der Waals surface area contributed by atoms with Crippen molar-refractivity contribution in [3.05, 3.63) is 29.3 Å². The molecule has 0 radical (unpaired) electrons. The maximum Gasteiger partial charge on any atom is 0.417 e. The summed E-state index contributed by atoms with van der Waals surface area (Å²) in [6, 6.07) is 5.26. The van der Waals surface area contributed by atoms with Gasteiger partial charge in [-0.2, -0.15) is 18.4 Å². The van der Waals surface area contributed by atoms with Crippen LogP contribution in [0.25, 0.3) is 0 Å². The number of nitrogens with one attached hydrogen (secondary N) is 1. The quantitative estimate of drug-likeness (QED) is 0.701. The normalized spacial score (nSPS) is 21.3. The molecule has 2 aliphatic heterocycles. The number of nitriles is 1. The van der Waals surface area contributed by atoms with Gasteiger partial charge < -0.3 is 20.0 Å². The van der Waals surface area contributed by atoms with Gasteiger partial charge in [0.25, 0.3) is 0 Å². The first-order chi connectivity index (χ1) is 16.1. The first kappa shape index (κ1) is 25.7. The number of halogens is 3. The number of anilines is 1. The molecular weight excluding hydrogens is 447 g/mol. The summed E-state index contributed by atoms with van der Waals surface area (Å²) >= 11 is 0. The van der Waals surface area contributed by atoms with E-state index in [1.165, 1.54) is 17.0 Å². The molecule has 2 atom stereocenters. The number of rotatable bonds is 5. The molecule has 10 heteroatoms. The second kappa shape index (κ2) is 10.5.